The first-order valence-corrected chi connectivity index (χ1v) is 20.5. The molecule has 0 saturated carbocycles. The Morgan fingerprint density at radius 3 is 2.29 bits per heavy atom. The Bertz CT molecular complexity index is 1460. The second-order valence-electron chi connectivity index (χ2n) is 15.9. The molecule has 1 aromatic carbocycles. The van der Waals surface area contributed by atoms with Gasteiger partial charge in [0, 0.05) is 11.3 Å². The lowest BCUT2D eigenvalue weighted by Crippen LogP contribution is -2.69. The van der Waals surface area contributed by atoms with Gasteiger partial charge in [0.05, 0.1) is 25.7 Å². The number of azide groups is 1. The summed E-state index contributed by atoms with van der Waals surface area (Å²) in [7, 11) is -2.52. The van der Waals surface area contributed by atoms with Crippen molar-refractivity contribution in [1.82, 2.24) is 16.0 Å². The van der Waals surface area contributed by atoms with E-state index in [1.54, 1.807) is 65.8 Å². The number of hydrogen-bond acceptors (Lipinski definition) is 11. The number of fused-ring (bicyclic) bond motifs is 1. The summed E-state index contributed by atoms with van der Waals surface area (Å²) >= 11 is 0. The zero-order valence-corrected chi connectivity index (χ0v) is 33.2. The zero-order chi connectivity index (χ0) is 39.1. The number of benzene rings is 1. The van der Waals surface area contributed by atoms with Gasteiger partial charge in [-0.3, -0.25) is 9.59 Å². The zero-order valence-electron chi connectivity index (χ0n) is 32.2. The van der Waals surface area contributed by atoms with Crippen LogP contribution in [0.25, 0.3) is 10.4 Å². The summed E-state index contributed by atoms with van der Waals surface area (Å²) in [4.78, 5) is 56.5. The molecular formula is C35H56N6O10Si. The minimum atomic E-state index is -2.52. The molecule has 3 rings (SSSR count). The summed E-state index contributed by atoms with van der Waals surface area (Å²) in [5.41, 5.74) is 9.49. The Balaban J connectivity index is 1.91. The fraction of sp³-hybridized carbons (Fsp3) is 0.714. The Morgan fingerprint density at radius 2 is 1.71 bits per heavy atom. The number of nitrogens with one attached hydrogen (secondary N) is 3. The van der Waals surface area contributed by atoms with Crippen LogP contribution in [0.1, 0.15) is 74.3 Å². The van der Waals surface area contributed by atoms with E-state index < -0.39 is 92.7 Å². The molecule has 0 radical (unpaired) electrons. The van der Waals surface area contributed by atoms with Crippen molar-refractivity contribution in [3.63, 3.8) is 0 Å². The standard InChI is InChI=1S/C35H56N6O10Si/c1-12-46-31(44)23(18-21-16-14-13-15-17-21)37-29(43)22(38-32(45)50-33(2,3)4)19-25(42)39-30-26(40-41-36)28(51-52(10,11)34(5,6)7)27-24(48-30)20-47-35(8,9)49-27/h13-17,22-24,26-28,30H,12,18-20H2,1-11H3,(H,37,43)(H,38,45)(H,39,42)/t22-,23-,24?,26?,27?,28?,30?/m0/s1. The molecule has 2 heterocycles. The first kappa shape index (κ1) is 42.7. The van der Waals surface area contributed by atoms with Gasteiger partial charge < -0.3 is 44.1 Å². The highest BCUT2D eigenvalue weighted by molar-refractivity contribution is 6.74. The molecule has 0 bridgehead atoms. The van der Waals surface area contributed by atoms with Gasteiger partial charge in [-0.25, -0.2) is 9.59 Å². The topological polar surface area (TPSA) is 209 Å². The fourth-order valence-electron chi connectivity index (χ4n) is 5.43. The minimum absolute atomic E-state index is 0.0747. The molecule has 0 aromatic heterocycles. The number of carbonyl (C=O) groups is 4. The predicted molar refractivity (Wildman–Crippen MR) is 193 cm³/mol. The number of esters is 1. The Labute approximate surface area is 307 Å². The quantitative estimate of drug-likeness (QED) is 0.0838. The van der Waals surface area contributed by atoms with Crippen molar-refractivity contribution in [3.8, 4) is 0 Å². The molecule has 0 spiro atoms. The number of amides is 3. The van der Waals surface area contributed by atoms with Gasteiger partial charge >= 0.3 is 12.1 Å². The van der Waals surface area contributed by atoms with Gasteiger partial charge in [-0.2, -0.15) is 0 Å². The van der Waals surface area contributed by atoms with Crippen LogP contribution in [0, 0.1) is 0 Å². The molecule has 3 N–H and O–H groups in total. The number of ether oxygens (including phenoxy) is 5. The molecule has 17 heteroatoms. The second-order valence-corrected chi connectivity index (χ2v) is 20.7. The summed E-state index contributed by atoms with van der Waals surface area (Å²) in [5, 5.41) is 11.6. The summed E-state index contributed by atoms with van der Waals surface area (Å²) < 4.78 is 35.8. The molecule has 16 nitrogen and oxygen atoms in total. The van der Waals surface area contributed by atoms with Crippen molar-refractivity contribution in [1.29, 1.82) is 0 Å². The van der Waals surface area contributed by atoms with E-state index >= 15 is 0 Å². The smallest absolute Gasteiger partial charge is 0.408 e. The van der Waals surface area contributed by atoms with E-state index in [4.69, 9.17) is 28.1 Å². The average molecular weight is 749 g/mol. The molecule has 3 amide bonds. The maximum absolute atomic E-state index is 13.8. The van der Waals surface area contributed by atoms with Crippen LogP contribution in [0.15, 0.2) is 35.4 Å². The minimum Gasteiger partial charge on any atom is -0.464 e. The summed E-state index contributed by atoms with van der Waals surface area (Å²) in [6, 6.07) is 5.29. The first-order valence-electron chi connectivity index (χ1n) is 17.5. The highest BCUT2D eigenvalue weighted by Gasteiger charge is 2.54. The van der Waals surface area contributed by atoms with Crippen LogP contribution in [-0.4, -0.2) is 99.5 Å². The maximum Gasteiger partial charge on any atom is 0.408 e. The Kier molecular flexibility index (Phi) is 14.3. The molecule has 2 fully saturated rings. The van der Waals surface area contributed by atoms with Crippen LogP contribution in [0.5, 0.6) is 0 Å². The van der Waals surface area contributed by atoms with Crippen LogP contribution < -0.4 is 16.0 Å². The highest BCUT2D eigenvalue weighted by atomic mass is 28.4. The van der Waals surface area contributed by atoms with Crippen molar-refractivity contribution in [2.45, 2.75) is 147 Å². The van der Waals surface area contributed by atoms with Gasteiger partial charge in [0.15, 0.2) is 14.1 Å². The number of carbonyl (C=O) groups excluding carboxylic acids is 4. The largest absolute Gasteiger partial charge is 0.464 e. The second kappa shape index (κ2) is 17.4. The van der Waals surface area contributed by atoms with Gasteiger partial charge in [-0.15, -0.1) is 0 Å². The summed E-state index contributed by atoms with van der Waals surface area (Å²) in [6.45, 7) is 20.6. The molecule has 290 valence electrons. The van der Waals surface area contributed by atoms with Gasteiger partial charge in [0.1, 0.15) is 42.2 Å². The molecule has 0 aliphatic carbocycles. The molecule has 2 aliphatic heterocycles. The maximum atomic E-state index is 13.8. The van der Waals surface area contributed by atoms with Crippen molar-refractivity contribution in [2.75, 3.05) is 13.2 Å². The van der Waals surface area contributed by atoms with E-state index in [0.29, 0.717) is 0 Å². The molecule has 2 aliphatic rings. The number of alkyl carbamates (subject to hydrolysis) is 1. The summed E-state index contributed by atoms with van der Waals surface area (Å²) in [6.07, 6.45) is -4.91. The van der Waals surface area contributed by atoms with Crippen LogP contribution >= 0.6 is 0 Å². The van der Waals surface area contributed by atoms with Crippen molar-refractivity contribution in [3.05, 3.63) is 46.3 Å². The third-order valence-electron chi connectivity index (χ3n) is 8.97. The van der Waals surface area contributed by atoms with Crippen LogP contribution in [0.2, 0.25) is 18.1 Å². The molecule has 7 atom stereocenters. The molecular weight excluding hydrogens is 693 g/mol. The first-order chi connectivity index (χ1) is 24.1. The lowest BCUT2D eigenvalue weighted by atomic mass is 9.95. The van der Waals surface area contributed by atoms with Crippen molar-refractivity contribution in [2.24, 2.45) is 5.11 Å². The van der Waals surface area contributed by atoms with Gasteiger partial charge in [0.25, 0.3) is 0 Å². The van der Waals surface area contributed by atoms with Gasteiger partial charge in [-0.05, 0) is 70.8 Å². The Hall–Kier alpha value is -3.73. The van der Waals surface area contributed by atoms with Gasteiger partial charge in [0.2, 0.25) is 11.8 Å². The lowest BCUT2D eigenvalue weighted by molar-refractivity contribution is -0.346. The van der Waals surface area contributed by atoms with E-state index in [-0.39, 0.29) is 24.7 Å². The predicted octanol–water partition coefficient (Wildman–Crippen LogP) is 4.62. The van der Waals surface area contributed by atoms with Crippen LogP contribution in [0.4, 0.5) is 4.79 Å². The molecule has 5 unspecified atom stereocenters. The third-order valence-corrected chi connectivity index (χ3v) is 13.4. The van der Waals surface area contributed by atoms with Gasteiger partial charge in [-0.1, -0.05) is 56.2 Å². The van der Waals surface area contributed by atoms with E-state index in [1.165, 1.54) is 0 Å². The monoisotopic (exact) mass is 748 g/mol. The van der Waals surface area contributed by atoms with E-state index in [2.05, 4.69) is 59.8 Å². The molecule has 52 heavy (non-hydrogen) atoms. The number of rotatable bonds is 13. The third kappa shape index (κ3) is 12.2. The lowest BCUT2D eigenvalue weighted by Gasteiger charge is -2.53. The number of nitrogens with zero attached hydrogens (tertiary/aromatic N) is 3. The van der Waals surface area contributed by atoms with E-state index in [1.807, 2.05) is 6.07 Å². The van der Waals surface area contributed by atoms with Crippen molar-refractivity contribution < 1.29 is 47.3 Å². The molecule has 2 saturated heterocycles. The van der Waals surface area contributed by atoms with E-state index in [9.17, 15) is 24.7 Å². The SMILES string of the molecule is CCOC(=O)[C@H](Cc1ccccc1)NC(=O)[C@H](CC(=O)NC1OC2COC(C)(C)OC2C(O[Si](C)(C)C(C)(C)C)C1N=[N+]=[N-])NC(=O)OC(C)(C)C. The number of hydrogen-bond donors (Lipinski definition) is 3. The Morgan fingerprint density at radius 1 is 1.06 bits per heavy atom. The molecule has 1 aromatic rings. The van der Waals surface area contributed by atoms with Crippen LogP contribution in [-0.2, 0) is 48.9 Å². The average Bonchev–Trinajstić information content (AvgIpc) is 3.01. The van der Waals surface area contributed by atoms with Crippen LogP contribution in [0.3, 0.4) is 0 Å². The normalized spacial score (nSPS) is 24.2. The summed E-state index contributed by atoms with van der Waals surface area (Å²) in [5.74, 6) is -3.23. The van der Waals surface area contributed by atoms with E-state index in [0.717, 1.165) is 5.56 Å². The highest BCUT2D eigenvalue weighted by Crippen LogP contribution is 2.42. The van der Waals surface area contributed by atoms with Crippen molar-refractivity contribution >= 4 is 32.2 Å². The fourth-order valence-corrected chi connectivity index (χ4v) is 6.73.